The Bertz CT molecular complexity index is 1160. The van der Waals surface area contributed by atoms with Crippen molar-refractivity contribution in [2.75, 3.05) is 67.5 Å². The quantitative estimate of drug-likeness (QED) is 0.494. The molecule has 0 saturated carbocycles. The normalized spacial score (nSPS) is 16.7. The molecule has 3 N–H and O–H groups in total. The van der Waals surface area contributed by atoms with E-state index in [4.69, 9.17) is 19.6 Å². The Morgan fingerprint density at radius 3 is 2.26 bits per heavy atom. The fourth-order valence-electron chi connectivity index (χ4n) is 4.41. The molecule has 2 aliphatic heterocycles. The van der Waals surface area contributed by atoms with Crippen molar-refractivity contribution < 1.29 is 37.4 Å². The molecule has 10 nitrogen and oxygen atoms in total. The number of carboxylic acids is 1. The van der Waals surface area contributed by atoms with E-state index in [9.17, 15) is 23.1 Å². The number of nitrogens with zero attached hydrogens (tertiary/aromatic N) is 4. The van der Waals surface area contributed by atoms with E-state index in [1.54, 1.807) is 0 Å². The van der Waals surface area contributed by atoms with Crippen LogP contribution in [0.5, 0.6) is 0 Å². The minimum Gasteiger partial charge on any atom is -0.475 e. The monoisotopic (exact) mass is 551 g/mol. The van der Waals surface area contributed by atoms with Crippen molar-refractivity contribution >= 4 is 28.9 Å². The van der Waals surface area contributed by atoms with Gasteiger partial charge < -0.3 is 29.7 Å². The fraction of sp³-hybridized carbons (Fsp3) is 0.500. The molecule has 0 aliphatic carbocycles. The van der Waals surface area contributed by atoms with Crippen LogP contribution in [0.25, 0.3) is 0 Å². The van der Waals surface area contributed by atoms with Gasteiger partial charge in [-0.3, -0.25) is 9.69 Å². The van der Waals surface area contributed by atoms with Crippen LogP contribution in [0.15, 0.2) is 34.7 Å². The molecule has 0 spiro atoms. The lowest BCUT2D eigenvalue weighted by molar-refractivity contribution is -0.192. The van der Waals surface area contributed by atoms with Gasteiger partial charge in [0.1, 0.15) is 6.07 Å². The topological polar surface area (TPSA) is 133 Å². The van der Waals surface area contributed by atoms with Crippen LogP contribution in [0.3, 0.4) is 0 Å². The minimum atomic E-state index is -5.08. The summed E-state index contributed by atoms with van der Waals surface area (Å²) >= 11 is 0. The van der Waals surface area contributed by atoms with Gasteiger partial charge in [0, 0.05) is 51.5 Å². The molecule has 13 heteroatoms. The number of piperidine rings is 1. The number of rotatable bonds is 6. The first kappa shape index (κ1) is 29.8. The molecule has 3 heterocycles. The second-order valence-electron chi connectivity index (χ2n) is 9.46. The number of furan rings is 1. The van der Waals surface area contributed by atoms with Gasteiger partial charge in [-0.1, -0.05) is 6.92 Å². The number of nitriles is 1. The number of benzene rings is 1. The van der Waals surface area contributed by atoms with Crippen molar-refractivity contribution in [3.8, 4) is 6.07 Å². The maximum absolute atomic E-state index is 12.7. The largest absolute Gasteiger partial charge is 0.490 e. The van der Waals surface area contributed by atoms with Gasteiger partial charge in [-0.2, -0.15) is 18.4 Å². The molecular weight excluding hydrogens is 519 g/mol. The van der Waals surface area contributed by atoms with E-state index < -0.39 is 12.1 Å². The van der Waals surface area contributed by atoms with E-state index in [0.717, 1.165) is 75.7 Å². The molecule has 1 aromatic carbocycles. The molecule has 1 amide bonds. The number of aliphatic hydroxyl groups is 1. The summed E-state index contributed by atoms with van der Waals surface area (Å²) in [5, 5.41) is 28.3. The first-order valence-corrected chi connectivity index (χ1v) is 12.6. The highest BCUT2D eigenvalue weighted by atomic mass is 19.4. The Morgan fingerprint density at radius 1 is 1.08 bits per heavy atom. The second kappa shape index (κ2) is 13.3. The van der Waals surface area contributed by atoms with Crippen molar-refractivity contribution in [2.45, 2.75) is 25.9 Å². The number of alkyl halides is 3. The number of amides is 1. The molecule has 2 aromatic rings. The lowest BCUT2D eigenvalue weighted by Gasteiger charge is -2.37. The smallest absolute Gasteiger partial charge is 0.475 e. The van der Waals surface area contributed by atoms with Crippen molar-refractivity contribution in [1.82, 2.24) is 4.90 Å². The number of hydrogen-bond donors (Lipinski definition) is 3. The zero-order valence-electron chi connectivity index (χ0n) is 21.6. The molecular formula is C26H32F3N5O5. The molecule has 4 rings (SSSR count). The zero-order chi connectivity index (χ0) is 28.6. The van der Waals surface area contributed by atoms with Gasteiger partial charge in [0.15, 0.2) is 5.76 Å². The molecule has 39 heavy (non-hydrogen) atoms. The van der Waals surface area contributed by atoms with E-state index >= 15 is 0 Å². The standard InChI is InChI=1S/C24H31N5O3.C2HF3O2/c1-18-6-8-29(9-7-18)22-16-19(28-12-10-27(11-13-28)14-15-30)2-4-21(22)26-24(31)23-5-3-20(17-25)32-23;3-2(4,5)1(6)7/h2-5,16,18,30H,6-15H2,1H3,(H,26,31);(H,6,7). The molecule has 0 atom stereocenters. The van der Waals surface area contributed by atoms with Crippen LogP contribution < -0.4 is 15.1 Å². The summed E-state index contributed by atoms with van der Waals surface area (Å²) in [7, 11) is 0. The van der Waals surface area contributed by atoms with Crippen molar-refractivity contribution in [1.29, 1.82) is 5.26 Å². The second-order valence-corrected chi connectivity index (χ2v) is 9.46. The maximum Gasteiger partial charge on any atom is 0.490 e. The first-order chi connectivity index (χ1) is 18.5. The number of carbonyl (C=O) groups excluding carboxylic acids is 1. The molecule has 1 aromatic heterocycles. The third kappa shape index (κ3) is 8.36. The predicted octanol–water partition coefficient (Wildman–Crippen LogP) is 3.39. The number of piperazine rings is 1. The molecule has 2 fully saturated rings. The highest BCUT2D eigenvalue weighted by Crippen LogP contribution is 2.34. The summed E-state index contributed by atoms with van der Waals surface area (Å²) in [5.74, 6) is -2.16. The number of aliphatic hydroxyl groups excluding tert-OH is 1. The average molecular weight is 552 g/mol. The van der Waals surface area contributed by atoms with Crippen LogP contribution in [0.4, 0.5) is 30.2 Å². The van der Waals surface area contributed by atoms with Crippen LogP contribution in [-0.2, 0) is 4.79 Å². The van der Waals surface area contributed by atoms with E-state index in [0.29, 0.717) is 5.92 Å². The van der Waals surface area contributed by atoms with E-state index in [-0.39, 0.29) is 24.0 Å². The summed E-state index contributed by atoms with van der Waals surface area (Å²) in [6, 6.07) is 11.1. The molecule has 212 valence electrons. The number of nitrogens with one attached hydrogen (secondary N) is 1. The zero-order valence-corrected chi connectivity index (χ0v) is 21.6. The maximum atomic E-state index is 12.7. The van der Waals surface area contributed by atoms with Gasteiger partial charge >= 0.3 is 12.1 Å². The number of carbonyl (C=O) groups is 2. The third-order valence-electron chi connectivity index (χ3n) is 6.69. The number of halogens is 3. The summed E-state index contributed by atoms with van der Waals surface area (Å²) in [5.41, 5.74) is 2.92. The van der Waals surface area contributed by atoms with Crippen LogP contribution in [0, 0.1) is 17.2 Å². The lowest BCUT2D eigenvalue weighted by Crippen LogP contribution is -2.47. The molecule has 2 aliphatic rings. The van der Waals surface area contributed by atoms with Gasteiger partial charge in [0.2, 0.25) is 5.76 Å². The van der Waals surface area contributed by atoms with Gasteiger partial charge in [-0.15, -0.1) is 0 Å². The summed E-state index contributed by atoms with van der Waals surface area (Å²) in [6.45, 7) is 8.77. The Morgan fingerprint density at radius 2 is 1.72 bits per heavy atom. The molecule has 0 bridgehead atoms. The molecule has 2 saturated heterocycles. The lowest BCUT2D eigenvalue weighted by atomic mass is 9.98. The predicted molar refractivity (Wildman–Crippen MR) is 138 cm³/mol. The number of anilines is 3. The van der Waals surface area contributed by atoms with E-state index in [1.807, 2.05) is 12.1 Å². The van der Waals surface area contributed by atoms with E-state index in [2.05, 4.69) is 39.1 Å². The van der Waals surface area contributed by atoms with Crippen LogP contribution >= 0.6 is 0 Å². The average Bonchev–Trinajstić information content (AvgIpc) is 3.40. The van der Waals surface area contributed by atoms with Crippen molar-refractivity contribution in [3.05, 3.63) is 41.9 Å². The van der Waals surface area contributed by atoms with Gasteiger partial charge in [0.05, 0.1) is 18.0 Å². The summed E-state index contributed by atoms with van der Waals surface area (Å²) < 4.78 is 37.0. The Hall–Kier alpha value is -3.76. The van der Waals surface area contributed by atoms with Crippen LogP contribution in [-0.4, -0.2) is 85.6 Å². The Labute approximate surface area is 224 Å². The number of aliphatic carboxylic acids is 1. The number of carboxylic acid groups (broad SMARTS) is 1. The minimum absolute atomic E-state index is 0.121. The highest BCUT2D eigenvalue weighted by Gasteiger charge is 2.38. The Kier molecular flexibility index (Phi) is 10.2. The first-order valence-electron chi connectivity index (χ1n) is 12.6. The summed E-state index contributed by atoms with van der Waals surface area (Å²) in [4.78, 5) is 28.6. The number of β-amino-alcohol motifs (C(OH)–C–C–N with tert-alkyl or cyclic N) is 1. The van der Waals surface area contributed by atoms with Gasteiger partial charge in [-0.25, -0.2) is 4.79 Å². The fourth-order valence-corrected chi connectivity index (χ4v) is 4.41. The SMILES string of the molecule is CC1CCN(c2cc(N3CCN(CCO)CC3)ccc2NC(=O)c2ccc(C#N)o2)CC1.O=C(O)C(F)(F)F. The van der Waals surface area contributed by atoms with E-state index in [1.165, 1.54) is 12.1 Å². The molecule has 0 radical (unpaired) electrons. The van der Waals surface area contributed by atoms with Gasteiger partial charge in [-0.05, 0) is 49.1 Å². The molecule has 0 unspecified atom stereocenters. The van der Waals surface area contributed by atoms with Crippen molar-refractivity contribution in [3.63, 3.8) is 0 Å². The van der Waals surface area contributed by atoms with Crippen LogP contribution in [0.1, 0.15) is 36.1 Å². The Balaban J connectivity index is 0.000000532. The van der Waals surface area contributed by atoms with Crippen LogP contribution in [0.2, 0.25) is 0 Å². The van der Waals surface area contributed by atoms with Gasteiger partial charge in [0.25, 0.3) is 5.91 Å². The highest BCUT2D eigenvalue weighted by molar-refractivity contribution is 6.04. The van der Waals surface area contributed by atoms with Crippen molar-refractivity contribution in [2.24, 2.45) is 5.92 Å². The number of hydrogen-bond acceptors (Lipinski definition) is 8. The summed E-state index contributed by atoms with van der Waals surface area (Å²) in [6.07, 6.45) is -2.83. The third-order valence-corrected chi connectivity index (χ3v) is 6.69.